The predicted molar refractivity (Wildman–Crippen MR) is 39.9 cm³/mol. The fourth-order valence-electron chi connectivity index (χ4n) is 1.28. The largest absolute Gasteiger partial charge is 0.390 e. The van der Waals surface area contributed by atoms with Gasteiger partial charge in [0.1, 0.15) is 7.85 Å². The molecule has 1 rings (SSSR count). The fraction of sp³-hybridized carbons (Fsp3) is 1.00. The van der Waals surface area contributed by atoms with Crippen molar-refractivity contribution < 1.29 is 9.84 Å². The molecule has 3 heteroatoms. The van der Waals surface area contributed by atoms with E-state index in [0.29, 0.717) is 0 Å². The van der Waals surface area contributed by atoms with Gasteiger partial charge in [0.2, 0.25) is 0 Å². The number of aliphatic hydroxyl groups excluding tert-OH is 1. The fourth-order valence-corrected chi connectivity index (χ4v) is 1.28. The van der Waals surface area contributed by atoms with Gasteiger partial charge >= 0.3 is 0 Å². The summed E-state index contributed by atoms with van der Waals surface area (Å²) in [7, 11) is 5.55. The van der Waals surface area contributed by atoms with E-state index in [2.05, 4.69) is 0 Å². The zero-order chi connectivity index (χ0) is 7.72. The number of aliphatic hydroxyl groups is 1. The third-order valence-electron chi connectivity index (χ3n) is 2.17. The molecule has 4 atom stereocenters. The molecule has 0 spiro atoms. The Morgan fingerprint density at radius 3 is 2.40 bits per heavy atom. The lowest BCUT2D eigenvalue weighted by Crippen LogP contribution is -2.24. The van der Waals surface area contributed by atoms with Crippen LogP contribution in [-0.2, 0) is 4.74 Å². The van der Waals surface area contributed by atoms with Crippen LogP contribution in [0.25, 0.3) is 0 Å². The molecular weight excluding hydrogens is 127 g/mol. The molecule has 1 N–H and O–H groups in total. The highest BCUT2D eigenvalue weighted by Gasteiger charge is 2.36. The van der Waals surface area contributed by atoms with Crippen LogP contribution in [0.2, 0.25) is 0 Å². The summed E-state index contributed by atoms with van der Waals surface area (Å²) in [5.74, 6) is 0.0740. The molecule has 0 amide bonds. The number of rotatable bonds is 1. The number of ether oxygens (including phenoxy) is 1. The summed E-state index contributed by atoms with van der Waals surface area (Å²) in [4.78, 5) is 0. The molecule has 1 saturated heterocycles. The van der Waals surface area contributed by atoms with Crippen LogP contribution in [0.1, 0.15) is 20.3 Å². The molecule has 1 heterocycles. The van der Waals surface area contributed by atoms with Crippen LogP contribution in [0.3, 0.4) is 0 Å². The Balaban J connectivity index is 2.53. The number of hydrogen-bond acceptors (Lipinski definition) is 2. The topological polar surface area (TPSA) is 29.5 Å². The minimum atomic E-state index is -0.375. The van der Waals surface area contributed by atoms with Crippen LogP contribution in [0.4, 0.5) is 0 Å². The molecule has 56 valence electrons. The van der Waals surface area contributed by atoms with Gasteiger partial charge in [-0.15, -0.1) is 0 Å². The molecule has 1 unspecified atom stereocenters. The minimum absolute atomic E-state index is 0.0509. The molecule has 0 aromatic heterocycles. The smallest absolute Gasteiger partial charge is 0.109 e. The van der Waals surface area contributed by atoms with E-state index in [4.69, 9.17) is 12.6 Å². The van der Waals surface area contributed by atoms with E-state index in [1.165, 1.54) is 0 Å². The Morgan fingerprint density at radius 2 is 2.20 bits per heavy atom. The van der Waals surface area contributed by atoms with Gasteiger partial charge in [-0.1, -0.05) is 13.8 Å². The summed E-state index contributed by atoms with van der Waals surface area (Å²) >= 11 is 0. The first-order valence-electron chi connectivity index (χ1n) is 3.76. The minimum Gasteiger partial charge on any atom is -0.390 e. The van der Waals surface area contributed by atoms with E-state index >= 15 is 0 Å². The van der Waals surface area contributed by atoms with Gasteiger partial charge in [0.05, 0.1) is 12.2 Å². The van der Waals surface area contributed by atoms with E-state index in [1.54, 1.807) is 0 Å². The first-order chi connectivity index (χ1) is 4.66. The second-order valence-corrected chi connectivity index (χ2v) is 2.90. The average molecular weight is 140 g/mol. The van der Waals surface area contributed by atoms with E-state index < -0.39 is 0 Å². The lowest BCUT2D eigenvalue weighted by Gasteiger charge is -2.12. The van der Waals surface area contributed by atoms with Crippen LogP contribution in [0.15, 0.2) is 0 Å². The predicted octanol–water partition coefficient (Wildman–Crippen LogP) is 0.287. The second-order valence-electron chi connectivity index (χ2n) is 2.90. The van der Waals surface area contributed by atoms with Gasteiger partial charge in [-0.2, -0.15) is 0 Å². The maximum absolute atomic E-state index is 9.42. The van der Waals surface area contributed by atoms with E-state index in [9.17, 15) is 5.11 Å². The van der Waals surface area contributed by atoms with Crippen molar-refractivity contribution in [3.8, 4) is 0 Å². The molecule has 0 saturated carbocycles. The SMILES string of the molecule is [B][C@@H]1O[C@H](CC)[C@H](O)C1C. The zero-order valence-electron chi connectivity index (χ0n) is 6.45. The van der Waals surface area contributed by atoms with E-state index in [0.717, 1.165) is 6.42 Å². The van der Waals surface area contributed by atoms with Crippen LogP contribution >= 0.6 is 0 Å². The van der Waals surface area contributed by atoms with Gasteiger partial charge in [-0.25, -0.2) is 0 Å². The summed E-state index contributed by atoms with van der Waals surface area (Å²) < 4.78 is 5.26. The van der Waals surface area contributed by atoms with Crippen molar-refractivity contribution in [1.82, 2.24) is 0 Å². The van der Waals surface area contributed by atoms with Gasteiger partial charge in [-0.3, -0.25) is 0 Å². The van der Waals surface area contributed by atoms with Gasteiger partial charge in [0.15, 0.2) is 0 Å². The zero-order valence-corrected chi connectivity index (χ0v) is 6.45. The normalized spacial score (nSPS) is 47.9. The van der Waals surface area contributed by atoms with Crippen molar-refractivity contribution >= 4 is 7.85 Å². The first-order valence-corrected chi connectivity index (χ1v) is 3.76. The van der Waals surface area contributed by atoms with E-state index in [1.807, 2.05) is 13.8 Å². The highest BCUT2D eigenvalue weighted by Crippen LogP contribution is 2.26. The van der Waals surface area contributed by atoms with Crippen molar-refractivity contribution in [3.05, 3.63) is 0 Å². The van der Waals surface area contributed by atoms with Crippen LogP contribution < -0.4 is 0 Å². The lowest BCUT2D eigenvalue weighted by atomic mass is 9.86. The Morgan fingerprint density at radius 1 is 1.60 bits per heavy atom. The Hall–Kier alpha value is -0.0151. The van der Waals surface area contributed by atoms with Crippen LogP contribution in [-0.4, -0.2) is 31.2 Å². The summed E-state index contributed by atoms with van der Waals surface area (Å²) in [6, 6.07) is -0.278. The van der Waals surface area contributed by atoms with Gasteiger partial charge in [0.25, 0.3) is 0 Å². The van der Waals surface area contributed by atoms with Crippen molar-refractivity contribution in [1.29, 1.82) is 0 Å². The average Bonchev–Trinajstić information content (AvgIpc) is 2.17. The molecule has 0 aromatic carbocycles. The Bertz CT molecular complexity index is 118. The first kappa shape index (κ1) is 8.09. The molecule has 10 heavy (non-hydrogen) atoms. The molecule has 1 aliphatic heterocycles. The maximum Gasteiger partial charge on any atom is 0.109 e. The Labute approximate surface area is 63.0 Å². The number of hydrogen-bond donors (Lipinski definition) is 1. The third kappa shape index (κ3) is 1.20. The molecule has 2 radical (unpaired) electrons. The van der Waals surface area contributed by atoms with Crippen molar-refractivity contribution in [2.45, 2.75) is 38.5 Å². The summed E-state index contributed by atoms with van der Waals surface area (Å²) in [5.41, 5.74) is 0. The van der Waals surface area contributed by atoms with Crippen LogP contribution in [0.5, 0.6) is 0 Å². The maximum atomic E-state index is 9.42. The summed E-state index contributed by atoms with van der Waals surface area (Å²) in [6.07, 6.45) is 0.407. The van der Waals surface area contributed by atoms with Crippen molar-refractivity contribution in [2.24, 2.45) is 5.92 Å². The molecule has 2 nitrogen and oxygen atoms in total. The summed E-state index contributed by atoms with van der Waals surface area (Å²) in [6.45, 7) is 3.89. The highest BCUT2D eigenvalue weighted by molar-refractivity contribution is 6.11. The quantitative estimate of drug-likeness (QED) is 0.530. The molecule has 1 aliphatic rings. The molecular formula is C7H13BO2. The third-order valence-corrected chi connectivity index (χ3v) is 2.17. The van der Waals surface area contributed by atoms with Gasteiger partial charge in [-0.05, 0) is 6.42 Å². The van der Waals surface area contributed by atoms with E-state index in [-0.39, 0.29) is 24.1 Å². The standard InChI is InChI=1S/C7H13BO2/c1-3-5-6(9)4(2)7(8)10-5/h4-7,9H,3H2,1-2H3/t4?,5-,6-,7-/m1/s1. The Kier molecular flexibility index (Phi) is 2.37. The highest BCUT2D eigenvalue weighted by atomic mass is 16.5. The molecule has 0 bridgehead atoms. The van der Waals surface area contributed by atoms with Gasteiger partial charge < -0.3 is 9.84 Å². The molecule has 0 aliphatic carbocycles. The van der Waals surface area contributed by atoms with Crippen molar-refractivity contribution in [2.75, 3.05) is 0 Å². The monoisotopic (exact) mass is 140 g/mol. The van der Waals surface area contributed by atoms with Gasteiger partial charge in [0, 0.05) is 11.9 Å². The van der Waals surface area contributed by atoms with Crippen LogP contribution in [0, 0.1) is 5.92 Å². The molecule has 1 fully saturated rings. The molecule has 0 aromatic rings. The lowest BCUT2D eigenvalue weighted by molar-refractivity contribution is 0.0295. The summed E-state index contributed by atoms with van der Waals surface area (Å²) in [5, 5.41) is 9.42. The second kappa shape index (κ2) is 2.93. The van der Waals surface area contributed by atoms with Crippen molar-refractivity contribution in [3.63, 3.8) is 0 Å².